The number of aliphatic carboxylic acids is 1. The maximum absolute atomic E-state index is 11.1. The van der Waals surface area contributed by atoms with Gasteiger partial charge >= 0.3 is 5.97 Å². The van der Waals surface area contributed by atoms with Crippen molar-refractivity contribution in [3.05, 3.63) is 34.3 Å². The Balaban J connectivity index is 2.99. The summed E-state index contributed by atoms with van der Waals surface area (Å²) >= 11 is 3.31. The van der Waals surface area contributed by atoms with Crippen LogP contribution in [-0.4, -0.2) is 22.3 Å². The van der Waals surface area contributed by atoms with Crippen molar-refractivity contribution in [2.24, 2.45) is 0 Å². The summed E-state index contributed by atoms with van der Waals surface area (Å²) < 4.78 is 0.762. The Kier molecular flexibility index (Phi) is 4.29. The van der Waals surface area contributed by atoms with Gasteiger partial charge in [0.2, 0.25) is 0 Å². The van der Waals surface area contributed by atoms with Crippen molar-refractivity contribution in [1.29, 1.82) is 0 Å². The van der Waals surface area contributed by atoms with Crippen LogP contribution in [-0.2, 0) is 4.79 Å². The number of carboxylic acids is 1. The molecule has 0 amide bonds. The van der Waals surface area contributed by atoms with Gasteiger partial charge in [0, 0.05) is 4.47 Å². The number of aliphatic hydroxyl groups is 1. The van der Waals surface area contributed by atoms with Gasteiger partial charge in [-0.05, 0) is 25.0 Å². The number of rotatable bonds is 4. The Morgan fingerprint density at radius 2 is 2.07 bits per heavy atom. The van der Waals surface area contributed by atoms with E-state index in [1.807, 2.05) is 6.07 Å². The van der Waals surface area contributed by atoms with E-state index in [1.54, 1.807) is 25.1 Å². The predicted molar refractivity (Wildman–Crippen MR) is 60.8 cm³/mol. The number of benzene rings is 1. The molecule has 0 saturated carbocycles. The molecule has 0 bridgehead atoms. The molecule has 2 unspecified atom stereocenters. The van der Waals surface area contributed by atoms with Crippen LogP contribution in [0.4, 0.5) is 0 Å². The quantitative estimate of drug-likeness (QED) is 0.885. The van der Waals surface area contributed by atoms with Crippen LogP contribution in [0.2, 0.25) is 0 Å². The third-order valence-electron chi connectivity index (χ3n) is 2.16. The summed E-state index contributed by atoms with van der Waals surface area (Å²) in [6.07, 6.45) is -0.406. The van der Waals surface area contributed by atoms with Gasteiger partial charge in [0.15, 0.2) is 0 Å². The van der Waals surface area contributed by atoms with Crippen LogP contribution < -0.4 is 0 Å². The molecular formula is C11H13BrO3. The zero-order chi connectivity index (χ0) is 11.4. The molecule has 0 radical (unpaired) electrons. The summed E-state index contributed by atoms with van der Waals surface area (Å²) in [4.78, 5) is 11.1. The fourth-order valence-corrected chi connectivity index (χ4v) is 2.02. The lowest BCUT2D eigenvalue weighted by molar-refractivity contribution is -0.139. The lowest BCUT2D eigenvalue weighted by Gasteiger charge is -2.15. The minimum atomic E-state index is -0.914. The van der Waals surface area contributed by atoms with E-state index in [2.05, 4.69) is 15.9 Å². The number of hydrogen-bond acceptors (Lipinski definition) is 2. The van der Waals surface area contributed by atoms with Gasteiger partial charge in [0.25, 0.3) is 0 Å². The highest BCUT2D eigenvalue weighted by Crippen LogP contribution is 2.28. The van der Waals surface area contributed by atoms with E-state index in [9.17, 15) is 9.90 Å². The molecule has 15 heavy (non-hydrogen) atoms. The smallest absolute Gasteiger partial charge is 0.311 e. The lowest BCUT2D eigenvalue weighted by Crippen LogP contribution is -2.17. The second-order valence-electron chi connectivity index (χ2n) is 3.50. The molecule has 2 atom stereocenters. The first kappa shape index (κ1) is 12.2. The molecule has 0 aliphatic rings. The standard InChI is InChI=1S/C11H13BrO3/c1-7(13)6-9(11(14)15)8-4-2-3-5-10(8)12/h2-5,7,9,13H,6H2,1H3,(H,14,15). The van der Waals surface area contributed by atoms with Gasteiger partial charge in [-0.2, -0.15) is 0 Å². The molecule has 0 aliphatic heterocycles. The fraction of sp³-hybridized carbons (Fsp3) is 0.364. The highest BCUT2D eigenvalue weighted by atomic mass is 79.9. The van der Waals surface area contributed by atoms with Gasteiger partial charge in [-0.15, -0.1) is 0 Å². The van der Waals surface area contributed by atoms with Crippen molar-refractivity contribution in [2.45, 2.75) is 25.4 Å². The highest BCUT2D eigenvalue weighted by Gasteiger charge is 2.23. The SMILES string of the molecule is CC(O)CC(C(=O)O)c1ccccc1Br. The molecule has 3 nitrogen and oxygen atoms in total. The second-order valence-corrected chi connectivity index (χ2v) is 4.35. The van der Waals surface area contributed by atoms with Crippen molar-refractivity contribution in [2.75, 3.05) is 0 Å². The molecule has 0 heterocycles. The average molecular weight is 273 g/mol. The monoisotopic (exact) mass is 272 g/mol. The van der Waals surface area contributed by atoms with Gasteiger partial charge in [-0.1, -0.05) is 34.1 Å². The van der Waals surface area contributed by atoms with Gasteiger partial charge in [0.1, 0.15) is 0 Å². The first-order valence-electron chi connectivity index (χ1n) is 4.67. The van der Waals surface area contributed by atoms with E-state index in [0.717, 1.165) is 4.47 Å². The van der Waals surface area contributed by atoms with Crippen molar-refractivity contribution in [3.63, 3.8) is 0 Å². The molecule has 1 rings (SSSR count). The van der Waals surface area contributed by atoms with Gasteiger partial charge in [-0.25, -0.2) is 0 Å². The topological polar surface area (TPSA) is 57.5 Å². The van der Waals surface area contributed by atoms with E-state index in [-0.39, 0.29) is 6.42 Å². The van der Waals surface area contributed by atoms with Crippen molar-refractivity contribution < 1.29 is 15.0 Å². The molecule has 2 N–H and O–H groups in total. The molecule has 0 aliphatic carbocycles. The van der Waals surface area contributed by atoms with Crippen molar-refractivity contribution in [3.8, 4) is 0 Å². The molecule has 0 fully saturated rings. The van der Waals surface area contributed by atoms with Gasteiger partial charge in [-0.3, -0.25) is 4.79 Å². The largest absolute Gasteiger partial charge is 0.481 e. The Hall–Kier alpha value is -0.870. The minimum absolute atomic E-state index is 0.220. The van der Waals surface area contributed by atoms with Gasteiger partial charge < -0.3 is 10.2 Å². The van der Waals surface area contributed by atoms with Crippen LogP contribution in [0.5, 0.6) is 0 Å². The minimum Gasteiger partial charge on any atom is -0.481 e. The molecule has 0 aromatic heterocycles. The van der Waals surface area contributed by atoms with E-state index in [0.29, 0.717) is 5.56 Å². The zero-order valence-corrected chi connectivity index (χ0v) is 9.94. The van der Waals surface area contributed by atoms with Crippen molar-refractivity contribution >= 4 is 21.9 Å². The van der Waals surface area contributed by atoms with E-state index >= 15 is 0 Å². The Morgan fingerprint density at radius 1 is 1.47 bits per heavy atom. The molecule has 1 aromatic rings. The van der Waals surface area contributed by atoms with Crippen LogP contribution in [0.3, 0.4) is 0 Å². The fourth-order valence-electron chi connectivity index (χ4n) is 1.46. The third-order valence-corrected chi connectivity index (χ3v) is 2.88. The Labute approximate surface area is 96.9 Å². The first-order valence-corrected chi connectivity index (χ1v) is 5.47. The summed E-state index contributed by atoms with van der Waals surface area (Å²) in [5.74, 6) is -1.58. The molecule has 4 heteroatoms. The summed E-state index contributed by atoms with van der Waals surface area (Å²) in [5.41, 5.74) is 0.700. The number of halogens is 1. The molecular weight excluding hydrogens is 260 g/mol. The average Bonchev–Trinajstić information content (AvgIpc) is 2.15. The van der Waals surface area contributed by atoms with E-state index < -0.39 is 18.0 Å². The maximum atomic E-state index is 11.1. The lowest BCUT2D eigenvalue weighted by atomic mass is 9.94. The number of carboxylic acid groups (broad SMARTS) is 1. The first-order chi connectivity index (χ1) is 7.02. The van der Waals surface area contributed by atoms with Gasteiger partial charge in [0.05, 0.1) is 12.0 Å². The maximum Gasteiger partial charge on any atom is 0.311 e. The van der Waals surface area contributed by atoms with Crippen LogP contribution in [0.15, 0.2) is 28.7 Å². The molecule has 0 saturated heterocycles. The summed E-state index contributed by atoms with van der Waals surface area (Å²) in [5, 5.41) is 18.3. The number of hydrogen-bond donors (Lipinski definition) is 2. The molecule has 1 aromatic carbocycles. The summed E-state index contributed by atoms with van der Waals surface area (Å²) in [6, 6.07) is 7.17. The third kappa shape index (κ3) is 3.32. The van der Waals surface area contributed by atoms with Crippen LogP contribution in [0.25, 0.3) is 0 Å². The summed E-state index contributed by atoms with van der Waals surface area (Å²) in [6.45, 7) is 1.59. The summed E-state index contributed by atoms with van der Waals surface area (Å²) in [7, 11) is 0. The Bertz CT molecular complexity index is 349. The van der Waals surface area contributed by atoms with E-state index in [1.165, 1.54) is 0 Å². The molecule has 0 spiro atoms. The van der Waals surface area contributed by atoms with Crippen LogP contribution in [0, 0.1) is 0 Å². The second kappa shape index (κ2) is 5.28. The van der Waals surface area contributed by atoms with Crippen molar-refractivity contribution in [1.82, 2.24) is 0 Å². The van der Waals surface area contributed by atoms with Crippen LogP contribution in [0.1, 0.15) is 24.8 Å². The van der Waals surface area contributed by atoms with Crippen LogP contribution >= 0.6 is 15.9 Å². The number of aliphatic hydroxyl groups excluding tert-OH is 1. The highest BCUT2D eigenvalue weighted by molar-refractivity contribution is 9.10. The normalized spacial score (nSPS) is 14.6. The molecule has 82 valence electrons. The van der Waals surface area contributed by atoms with E-state index in [4.69, 9.17) is 5.11 Å². The zero-order valence-electron chi connectivity index (χ0n) is 8.35. The predicted octanol–water partition coefficient (Wildman–Crippen LogP) is 2.39. The number of carbonyl (C=O) groups is 1. The Morgan fingerprint density at radius 3 is 2.53 bits per heavy atom.